The van der Waals surface area contributed by atoms with Crippen molar-refractivity contribution >= 4 is 10.8 Å². The molecule has 0 amide bonds. The topological polar surface area (TPSA) is 49.3 Å². The summed E-state index contributed by atoms with van der Waals surface area (Å²) in [5.41, 5.74) is 1.24. The standard InChI is InChI=1S/C15H25NO2S/c1-11(2)13-5-7-15(8-6-13)19(18)10-14(17)9-16-12(3)4/h5-8,11-12,14,16-17H,9-10H2,1-4H3. The molecular weight excluding hydrogens is 258 g/mol. The van der Waals surface area contributed by atoms with Gasteiger partial charge in [-0.15, -0.1) is 0 Å². The number of aliphatic hydroxyl groups is 1. The minimum atomic E-state index is -1.14. The highest BCUT2D eigenvalue weighted by atomic mass is 32.2. The Bertz CT molecular complexity index is 401. The van der Waals surface area contributed by atoms with Crippen molar-refractivity contribution in [2.75, 3.05) is 12.3 Å². The second kappa shape index (κ2) is 7.78. The molecule has 2 N–H and O–H groups in total. The Balaban J connectivity index is 2.53. The molecule has 1 aromatic carbocycles. The maximum atomic E-state index is 12.1. The fourth-order valence-electron chi connectivity index (χ4n) is 1.71. The summed E-state index contributed by atoms with van der Waals surface area (Å²) in [4.78, 5) is 0.785. The van der Waals surface area contributed by atoms with Crippen LogP contribution < -0.4 is 5.32 Å². The van der Waals surface area contributed by atoms with Crippen molar-refractivity contribution in [2.45, 2.75) is 50.7 Å². The average molecular weight is 283 g/mol. The van der Waals surface area contributed by atoms with Crippen molar-refractivity contribution in [1.29, 1.82) is 0 Å². The zero-order valence-electron chi connectivity index (χ0n) is 12.2. The van der Waals surface area contributed by atoms with Crippen molar-refractivity contribution in [3.05, 3.63) is 29.8 Å². The highest BCUT2D eigenvalue weighted by Crippen LogP contribution is 2.16. The maximum absolute atomic E-state index is 12.1. The Morgan fingerprint density at radius 3 is 2.21 bits per heavy atom. The molecule has 4 heteroatoms. The molecule has 0 saturated heterocycles. The minimum Gasteiger partial charge on any atom is -0.391 e. The molecule has 0 aliphatic rings. The van der Waals surface area contributed by atoms with E-state index in [1.165, 1.54) is 5.56 Å². The van der Waals surface area contributed by atoms with Crippen LogP contribution in [0.2, 0.25) is 0 Å². The van der Waals surface area contributed by atoms with Crippen LogP contribution in [0.5, 0.6) is 0 Å². The van der Waals surface area contributed by atoms with Gasteiger partial charge < -0.3 is 10.4 Å². The zero-order valence-corrected chi connectivity index (χ0v) is 13.0. The lowest BCUT2D eigenvalue weighted by Gasteiger charge is -2.14. The smallest absolute Gasteiger partial charge is 0.0783 e. The Labute approximate surface area is 118 Å². The fourth-order valence-corrected chi connectivity index (χ4v) is 2.81. The number of benzene rings is 1. The lowest BCUT2D eigenvalue weighted by molar-refractivity contribution is 0.191. The summed E-state index contributed by atoms with van der Waals surface area (Å²) in [7, 11) is -1.14. The molecule has 19 heavy (non-hydrogen) atoms. The number of hydrogen-bond acceptors (Lipinski definition) is 3. The highest BCUT2D eigenvalue weighted by Gasteiger charge is 2.12. The predicted molar refractivity (Wildman–Crippen MR) is 81.0 cm³/mol. The molecule has 0 aromatic heterocycles. The van der Waals surface area contributed by atoms with Crippen LogP contribution >= 0.6 is 0 Å². The number of nitrogens with one attached hydrogen (secondary N) is 1. The molecule has 0 heterocycles. The van der Waals surface area contributed by atoms with Gasteiger partial charge in [0.1, 0.15) is 0 Å². The fraction of sp³-hybridized carbons (Fsp3) is 0.600. The highest BCUT2D eigenvalue weighted by molar-refractivity contribution is 7.85. The zero-order chi connectivity index (χ0) is 14.4. The average Bonchev–Trinajstić information content (AvgIpc) is 2.36. The van der Waals surface area contributed by atoms with Crippen molar-refractivity contribution < 1.29 is 9.32 Å². The summed E-state index contributed by atoms with van der Waals surface area (Å²) in [6.45, 7) is 8.79. The van der Waals surface area contributed by atoms with Gasteiger partial charge in [-0.2, -0.15) is 0 Å². The van der Waals surface area contributed by atoms with Gasteiger partial charge in [-0.25, -0.2) is 0 Å². The summed E-state index contributed by atoms with van der Waals surface area (Å²) >= 11 is 0. The first-order chi connectivity index (χ1) is 8.90. The predicted octanol–water partition coefficient (Wildman–Crippen LogP) is 2.28. The first kappa shape index (κ1) is 16.3. The van der Waals surface area contributed by atoms with Crippen molar-refractivity contribution in [3.8, 4) is 0 Å². The third kappa shape index (κ3) is 5.85. The van der Waals surface area contributed by atoms with Gasteiger partial charge in [0, 0.05) is 17.5 Å². The largest absolute Gasteiger partial charge is 0.391 e. The van der Waals surface area contributed by atoms with Crippen molar-refractivity contribution in [2.24, 2.45) is 0 Å². The second-order valence-electron chi connectivity index (χ2n) is 5.45. The van der Waals surface area contributed by atoms with Crippen LogP contribution in [0.4, 0.5) is 0 Å². The van der Waals surface area contributed by atoms with Crippen LogP contribution in [0.15, 0.2) is 29.2 Å². The van der Waals surface area contributed by atoms with Crippen LogP contribution in [0, 0.1) is 0 Å². The van der Waals surface area contributed by atoms with E-state index in [2.05, 4.69) is 19.2 Å². The van der Waals surface area contributed by atoms with Crippen molar-refractivity contribution in [1.82, 2.24) is 5.32 Å². The van der Waals surface area contributed by atoms with Gasteiger partial charge in [-0.3, -0.25) is 4.21 Å². The lowest BCUT2D eigenvalue weighted by atomic mass is 10.0. The molecule has 0 spiro atoms. The molecule has 0 aliphatic heterocycles. The maximum Gasteiger partial charge on any atom is 0.0783 e. The molecular formula is C15H25NO2S. The van der Waals surface area contributed by atoms with Gasteiger partial charge in [0.15, 0.2) is 0 Å². The Morgan fingerprint density at radius 2 is 1.74 bits per heavy atom. The Morgan fingerprint density at radius 1 is 1.16 bits per heavy atom. The Hall–Kier alpha value is -0.710. The van der Waals surface area contributed by atoms with E-state index in [4.69, 9.17) is 0 Å². The van der Waals surface area contributed by atoms with E-state index in [0.29, 0.717) is 18.5 Å². The molecule has 108 valence electrons. The number of rotatable bonds is 7. The van der Waals surface area contributed by atoms with Gasteiger partial charge in [0.25, 0.3) is 0 Å². The van der Waals surface area contributed by atoms with Gasteiger partial charge in [-0.1, -0.05) is 39.8 Å². The molecule has 0 radical (unpaired) electrons. The van der Waals surface area contributed by atoms with Crippen LogP contribution in [0.1, 0.15) is 39.2 Å². The van der Waals surface area contributed by atoms with Crippen LogP contribution in [-0.4, -0.2) is 33.8 Å². The minimum absolute atomic E-state index is 0.279. The van der Waals surface area contributed by atoms with Crippen LogP contribution in [-0.2, 0) is 10.8 Å². The molecule has 0 fully saturated rings. The summed E-state index contributed by atoms with van der Waals surface area (Å²) in [6.07, 6.45) is -0.576. The molecule has 1 aromatic rings. The van der Waals surface area contributed by atoms with E-state index in [0.717, 1.165) is 4.90 Å². The molecule has 2 atom stereocenters. The molecule has 1 rings (SSSR count). The van der Waals surface area contributed by atoms with Crippen LogP contribution in [0.25, 0.3) is 0 Å². The van der Waals surface area contributed by atoms with E-state index >= 15 is 0 Å². The monoisotopic (exact) mass is 283 g/mol. The van der Waals surface area contributed by atoms with Crippen molar-refractivity contribution in [3.63, 3.8) is 0 Å². The third-order valence-corrected chi connectivity index (χ3v) is 4.40. The first-order valence-corrected chi connectivity index (χ1v) is 8.11. The molecule has 0 aliphatic carbocycles. The summed E-state index contributed by atoms with van der Waals surface area (Å²) in [5, 5.41) is 13.0. The van der Waals surface area contributed by atoms with E-state index in [1.54, 1.807) is 0 Å². The molecule has 0 saturated carbocycles. The SMILES string of the molecule is CC(C)NCC(O)CS(=O)c1ccc(C(C)C)cc1. The van der Waals surface area contributed by atoms with Gasteiger partial charge in [0.05, 0.1) is 22.7 Å². The van der Waals surface area contributed by atoms with Gasteiger partial charge in [-0.05, 0) is 23.6 Å². The van der Waals surface area contributed by atoms with Gasteiger partial charge in [0.2, 0.25) is 0 Å². The molecule has 2 unspecified atom stereocenters. The lowest BCUT2D eigenvalue weighted by Crippen LogP contribution is -2.34. The number of hydrogen-bond donors (Lipinski definition) is 2. The van der Waals surface area contributed by atoms with Crippen LogP contribution in [0.3, 0.4) is 0 Å². The number of aliphatic hydroxyl groups excluding tert-OH is 1. The normalized spacial score (nSPS) is 14.9. The van der Waals surface area contributed by atoms with Gasteiger partial charge >= 0.3 is 0 Å². The summed E-state index contributed by atoms with van der Waals surface area (Å²) in [5.74, 6) is 0.754. The second-order valence-corrected chi connectivity index (χ2v) is 6.95. The first-order valence-electron chi connectivity index (χ1n) is 6.80. The summed E-state index contributed by atoms with van der Waals surface area (Å²) in [6, 6.07) is 8.14. The third-order valence-electron chi connectivity index (χ3n) is 2.92. The van der Waals surface area contributed by atoms with E-state index < -0.39 is 16.9 Å². The Kier molecular flexibility index (Phi) is 6.69. The van der Waals surface area contributed by atoms with E-state index in [-0.39, 0.29) is 5.75 Å². The van der Waals surface area contributed by atoms with E-state index in [9.17, 15) is 9.32 Å². The molecule has 0 bridgehead atoms. The van der Waals surface area contributed by atoms with E-state index in [1.807, 2.05) is 38.1 Å². The summed E-state index contributed by atoms with van der Waals surface area (Å²) < 4.78 is 12.1. The quantitative estimate of drug-likeness (QED) is 0.807. The molecule has 3 nitrogen and oxygen atoms in total.